The van der Waals surface area contributed by atoms with Gasteiger partial charge in [0.1, 0.15) is 16.3 Å². The van der Waals surface area contributed by atoms with Crippen LogP contribution >= 0.6 is 15.9 Å². The van der Waals surface area contributed by atoms with E-state index in [-0.39, 0.29) is 5.69 Å². The summed E-state index contributed by atoms with van der Waals surface area (Å²) in [4.78, 5) is 27.0. The molecule has 0 fully saturated rings. The molecular formula is C12H15BrN2O3. The molecule has 0 aliphatic heterocycles. The van der Waals surface area contributed by atoms with Crippen LogP contribution in [0.3, 0.4) is 0 Å². The molecule has 98 valence electrons. The second-order valence-electron chi connectivity index (χ2n) is 4.96. The van der Waals surface area contributed by atoms with Gasteiger partial charge in [0.25, 0.3) is 5.91 Å². The lowest BCUT2D eigenvalue weighted by atomic mass is 9.86. The molecule has 1 aromatic rings. The number of nitrogens with zero attached hydrogens (tertiary/aromatic N) is 1. The van der Waals surface area contributed by atoms with Gasteiger partial charge in [0.2, 0.25) is 0 Å². The first-order valence-corrected chi connectivity index (χ1v) is 6.17. The highest BCUT2D eigenvalue weighted by molar-refractivity contribution is 9.10. The number of hydrogen-bond donors (Lipinski definition) is 2. The van der Waals surface area contributed by atoms with Gasteiger partial charge in [0, 0.05) is 0 Å². The molecule has 1 rings (SSSR count). The lowest BCUT2D eigenvalue weighted by molar-refractivity contribution is -0.142. The van der Waals surface area contributed by atoms with E-state index >= 15 is 0 Å². The van der Waals surface area contributed by atoms with Crippen LogP contribution in [0.2, 0.25) is 0 Å². The maximum absolute atomic E-state index is 11.9. The zero-order valence-corrected chi connectivity index (χ0v) is 12.0. The van der Waals surface area contributed by atoms with Gasteiger partial charge < -0.3 is 10.4 Å². The molecule has 2 N–H and O–H groups in total. The maximum Gasteiger partial charge on any atom is 0.326 e. The number of rotatable bonds is 3. The first-order chi connectivity index (χ1) is 8.21. The van der Waals surface area contributed by atoms with Crippen LogP contribution in [-0.2, 0) is 4.79 Å². The van der Waals surface area contributed by atoms with Crippen LogP contribution in [0.1, 0.15) is 31.3 Å². The normalized spacial score (nSPS) is 12.9. The molecular weight excluding hydrogens is 300 g/mol. The minimum absolute atomic E-state index is 0.180. The van der Waals surface area contributed by atoms with Gasteiger partial charge in [0.05, 0.1) is 0 Å². The number of carboxylic acid groups (broad SMARTS) is 1. The first kappa shape index (κ1) is 14.6. The largest absolute Gasteiger partial charge is 0.480 e. The van der Waals surface area contributed by atoms with Crippen molar-refractivity contribution in [1.29, 1.82) is 0 Å². The number of carboxylic acids is 1. The molecule has 5 nitrogen and oxygen atoms in total. The van der Waals surface area contributed by atoms with Crippen molar-refractivity contribution in [2.45, 2.75) is 26.8 Å². The Balaban J connectivity index is 2.89. The van der Waals surface area contributed by atoms with Crippen LogP contribution in [0.5, 0.6) is 0 Å². The standard InChI is InChI=1S/C12H15BrN2O3/c1-12(2,3)9(11(17)18)15-10(16)7-5-4-6-8(13)14-7/h4-6,9H,1-3H3,(H,15,16)(H,17,18)/t9-/m1/s1. The lowest BCUT2D eigenvalue weighted by Crippen LogP contribution is -2.49. The van der Waals surface area contributed by atoms with Crippen molar-refractivity contribution >= 4 is 27.8 Å². The van der Waals surface area contributed by atoms with E-state index in [0.29, 0.717) is 4.60 Å². The monoisotopic (exact) mass is 314 g/mol. The minimum atomic E-state index is -1.06. The summed E-state index contributed by atoms with van der Waals surface area (Å²) in [6, 6.07) is 3.92. The summed E-state index contributed by atoms with van der Waals surface area (Å²) in [5.74, 6) is -1.57. The Kier molecular flexibility index (Phi) is 4.45. The summed E-state index contributed by atoms with van der Waals surface area (Å²) >= 11 is 3.16. The van der Waals surface area contributed by atoms with E-state index in [9.17, 15) is 9.59 Å². The molecule has 1 atom stereocenters. The van der Waals surface area contributed by atoms with E-state index in [2.05, 4.69) is 26.2 Å². The second-order valence-corrected chi connectivity index (χ2v) is 5.77. The number of hydrogen-bond acceptors (Lipinski definition) is 3. The number of aliphatic carboxylic acids is 1. The molecule has 1 amide bonds. The van der Waals surface area contributed by atoms with Crippen LogP contribution < -0.4 is 5.32 Å². The fraction of sp³-hybridized carbons (Fsp3) is 0.417. The predicted octanol–water partition coefficient (Wildman–Crippen LogP) is 2.07. The molecule has 0 saturated carbocycles. The van der Waals surface area contributed by atoms with Crippen LogP contribution in [0, 0.1) is 5.41 Å². The highest BCUT2D eigenvalue weighted by Crippen LogP contribution is 2.19. The van der Waals surface area contributed by atoms with Crippen LogP contribution in [0.25, 0.3) is 0 Å². The molecule has 0 radical (unpaired) electrons. The lowest BCUT2D eigenvalue weighted by Gasteiger charge is -2.27. The summed E-state index contributed by atoms with van der Waals surface area (Å²) < 4.78 is 0.526. The highest BCUT2D eigenvalue weighted by atomic mass is 79.9. The van der Waals surface area contributed by atoms with Crippen molar-refractivity contribution < 1.29 is 14.7 Å². The Morgan fingerprint density at radius 2 is 2.00 bits per heavy atom. The van der Waals surface area contributed by atoms with Gasteiger partial charge in [-0.15, -0.1) is 0 Å². The number of carbonyl (C=O) groups excluding carboxylic acids is 1. The van der Waals surface area contributed by atoms with E-state index in [4.69, 9.17) is 5.11 Å². The Bertz CT molecular complexity index is 469. The average Bonchev–Trinajstić information content (AvgIpc) is 2.23. The van der Waals surface area contributed by atoms with Gasteiger partial charge in [-0.3, -0.25) is 4.79 Å². The van der Waals surface area contributed by atoms with Crippen molar-refractivity contribution in [3.63, 3.8) is 0 Å². The Morgan fingerprint density at radius 1 is 1.39 bits per heavy atom. The van der Waals surface area contributed by atoms with Crippen molar-refractivity contribution in [1.82, 2.24) is 10.3 Å². The Hall–Kier alpha value is -1.43. The third-order valence-corrected chi connectivity index (χ3v) is 2.78. The quantitative estimate of drug-likeness (QED) is 0.837. The number of amides is 1. The van der Waals surface area contributed by atoms with E-state index in [1.54, 1.807) is 32.9 Å². The van der Waals surface area contributed by atoms with Crippen molar-refractivity contribution in [2.24, 2.45) is 5.41 Å². The van der Waals surface area contributed by atoms with Crippen LogP contribution in [-0.4, -0.2) is 28.0 Å². The highest BCUT2D eigenvalue weighted by Gasteiger charge is 2.33. The van der Waals surface area contributed by atoms with Gasteiger partial charge in [-0.25, -0.2) is 9.78 Å². The fourth-order valence-corrected chi connectivity index (χ4v) is 1.73. The number of pyridine rings is 1. The third kappa shape index (κ3) is 3.80. The van der Waals surface area contributed by atoms with Gasteiger partial charge in [-0.2, -0.15) is 0 Å². The van der Waals surface area contributed by atoms with Crippen LogP contribution in [0.4, 0.5) is 0 Å². The minimum Gasteiger partial charge on any atom is -0.480 e. The number of nitrogens with one attached hydrogen (secondary N) is 1. The van der Waals surface area contributed by atoms with E-state index in [1.165, 1.54) is 6.07 Å². The van der Waals surface area contributed by atoms with Gasteiger partial charge >= 0.3 is 5.97 Å². The van der Waals surface area contributed by atoms with E-state index in [1.807, 2.05) is 0 Å². The summed E-state index contributed by atoms with van der Waals surface area (Å²) in [5.41, 5.74) is -0.395. The van der Waals surface area contributed by atoms with Gasteiger partial charge in [0.15, 0.2) is 0 Å². The number of halogens is 1. The molecule has 6 heteroatoms. The molecule has 1 aromatic heterocycles. The molecule has 0 aliphatic rings. The Morgan fingerprint density at radius 3 is 2.44 bits per heavy atom. The smallest absolute Gasteiger partial charge is 0.326 e. The second kappa shape index (κ2) is 5.48. The predicted molar refractivity (Wildman–Crippen MR) is 70.3 cm³/mol. The molecule has 0 aromatic carbocycles. The number of carbonyl (C=O) groups is 2. The van der Waals surface area contributed by atoms with Crippen LogP contribution in [0.15, 0.2) is 22.8 Å². The van der Waals surface area contributed by atoms with E-state index < -0.39 is 23.3 Å². The molecule has 0 unspecified atom stereocenters. The SMILES string of the molecule is CC(C)(C)[C@H](NC(=O)c1cccc(Br)n1)C(=O)O. The summed E-state index contributed by atoms with van der Waals surface area (Å²) in [7, 11) is 0. The van der Waals surface area contributed by atoms with Gasteiger partial charge in [-0.05, 0) is 33.5 Å². The molecule has 1 heterocycles. The molecule has 0 saturated heterocycles. The molecule has 0 aliphatic carbocycles. The summed E-state index contributed by atoms with van der Waals surface area (Å²) in [5, 5.41) is 11.6. The van der Waals surface area contributed by atoms with Gasteiger partial charge in [-0.1, -0.05) is 26.8 Å². The third-order valence-electron chi connectivity index (χ3n) is 2.34. The molecule has 18 heavy (non-hydrogen) atoms. The molecule has 0 spiro atoms. The molecule has 0 bridgehead atoms. The zero-order chi connectivity index (χ0) is 13.9. The topological polar surface area (TPSA) is 79.3 Å². The summed E-state index contributed by atoms with van der Waals surface area (Å²) in [6.07, 6.45) is 0. The average molecular weight is 315 g/mol. The van der Waals surface area contributed by atoms with E-state index in [0.717, 1.165) is 0 Å². The summed E-state index contributed by atoms with van der Waals surface area (Å²) in [6.45, 7) is 5.25. The number of aromatic nitrogens is 1. The van der Waals surface area contributed by atoms with Crippen molar-refractivity contribution in [3.8, 4) is 0 Å². The van der Waals surface area contributed by atoms with Crippen molar-refractivity contribution in [2.75, 3.05) is 0 Å². The zero-order valence-electron chi connectivity index (χ0n) is 10.4. The first-order valence-electron chi connectivity index (χ1n) is 5.38. The maximum atomic E-state index is 11.9. The van der Waals surface area contributed by atoms with Crippen molar-refractivity contribution in [3.05, 3.63) is 28.5 Å². The fourth-order valence-electron chi connectivity index (χ4n) is 1.39. The Labute approximate surface area is 114 Å².